The van der Waals surface area contributed by atoms with Crippen molar-refractivity contribution in [2.45, 2.75) is 19.2 Å². The van der Waals surface area contributed by atoms with Gasteiger partial charge in [0.05, 0.1) is 13.2 Å². The highest BCUT2D eigenvalue weighted by Gasteiger charge is 2.38. The molecule has 1 rings (SSSR count). The van der Waals surface area contributed by atoms with Crippen LogP contribution in [0, 0.1) is 0 Å². The van der Waals surface area contributed by atoms with Crippen molar-refractivity contribution in [1.82, 2.24) is 9.97 Å². The summed E-state index contributed by atoms with van der Waals surface area (Å²) in [5.74, 6) is 0.521. The Morgan fingerprint density at radius 3 is 2.67 bits per heavy atom. The van der Waals surface area contributed by atoms with Gasteiger partial charge in [-0.1, -0.05) is 0 Å². The van der Waals surface area contributed by atoms with Gasteiger partial charge in [-0.15, -0.1) is 0 Å². The molecule has 8 heteroatoms. The Kier molecular flexibility index (Phi) is 4.71. The van der Waals surface area contributed by atoms with Gasteiger partial charge in [-0.05, 0) is 6.92 Å². The lowest BCUT2D eigenvalue weighted by Gasteiger charge is -2.23. The number of likely N-dealkylation sites (N-methyl/N-ethyl adjacent to an activating group) is 1. The lowest BCUT2D eigenvalue weighted by Crippen LogP contribution is -2.39. The Labute approximate surface area is 102 Å². The molecule has 18 heavy (non-hydrogen) atoms. The van der Waals surface area contributed by atoms with Gasteiger partial charge in [0, 0.05) is 13.1 Å². The maximum atomic E-state index is 12.2. The van der Waals surface area contributed by atoms with Gasteiger partial charge in [-0.3, -0.25) is 0 Å². The van der Waals surface area contributed by atoms with Gasteiger partial charge in [0.15, 0.2) is 6.10 Å². The van der Waals surface area contributed by atoms with Crippen LogP contribution in [0.25, 0.3) is 0 Å². The fourth-order valence-electron chi connectivity index (χ4n) is 1.22. The van der Waals surface area contributed by atoms with Gasteiger partial charge in [0.2, 0.25) is 5.88 Å². The van der Waals surface area contributed by atoms with E-state index in [4.69, 9.17) is 9.84 Å². The van der Waals surface area contributed by atoms with Gasteiger partial charge in [-0.2, -0.15) is 13.2 Å². The van der Waals surface area contributed by atoms with E-state index in [1.807, 2.05) is 0 Å². The van der Waals surface area contributed by atoms with Crippen LogP contribution in [-0.4, -0.2) is 47.6 Å². The van der Waals surface area contributed by atoms with Gasteiger partial charge in [0.1, 0.15) is 12.1 Å². The third-order valence-electron chi connectivity index (χ3n) is 2.14. The monoisotopic (exact) mass is 265 g/mol. The van der Waals surface area contributed by atoms with E-state index in [1.54, 1.807) is 6.92 Å². The van der Waals surface area contributed by atoms with E-state index in [0.717, 1.165) is 0 Å². The van der Waals surface area contributed by atoms with Crippen molar-refractivity contribution < 1.29 is 23.0 Å². The van der Waals surface area contributed by atoms with Crippen molar-refractivity contribution in [2.75, 3.05) is 25.1 Å². The molecule has 0 aliphatic rings. The molecule has 0 bridgehead atoms. The van der Waals surface area contributed by atoms with Gasteiger partial charge in [-0.25, -0.2) is 9.97 Å². The molecule has 102 valence electrons. The molecule has 5 nitrogen and oxygen atoms in total. The summed E-state index contributed by atoms with van der Waals surface area (Å²) in [5.41, 5.74) is 0. The third kappa shape index (κ3) is 4.02. The molecular formula is C10H14F3N3O2. The van der Waals surface area contributed by atoms with E-state index in [2.05, 4.69) is 9.97 Å². The maximum absolute atomic E-state index is 12.2. The summed E-state index contributed by atoms with van der Waals surface area (Å²) in [6, 6.07) is 1.41. The molecule has 0 aromatic carbocycles. The van der Waals surface area contributed by atoms with Crippen LogP contribution in [0.4, 0.5) is 19.0 Å². The molecule has 1 N–H and O–H groups in total. The van der Waals surface area contributed by atoms with Crippen LogP contribution in [-0.2, 0) is 0 Å². The summed E-state index contributed by atoms with van der Waals surface area (Å²) in [6.45, 7) is 1.55. The van der Waals surface area contributed by atoms with E-state index in [0.29, 0.717) is 6.61 Å². The molecular weight excluding hydrogens is 251 g/mol. The summed E-state index contributed by atoms with van der Waals surface area (Å²) >= 11 is 0. The number of hydrogen-bond acceptors (Lipinski definition) is 5. The number of alkyl halides is 3. The SMILES string of the molecule is CCOc1cc(N(C)C[C@@H](O)C(F)(F)F)ncn1. The van der Waals surface area contributed by atoms with E-state index in [-0.39, 0.29) is 11.7 Å². The van der Waals surface area contributed by atoms with E-state index < -0.39 is 18.8 Å². The molecule has 0 fully saturated rings. The lowest BCUT2D eigenvalue weighted by molar-refractivity contribution is -0.200. The first-order chi connectivity index (χ1) is 8.34. The molecule has 0 unspecified atom stereocenters. The van der Waals surface area contributed by atoms with E-state index >= 15 is 0 Å². The molecule has 0 saturated carbocycles. The summed E-state index contributed by atoms with van der Waals surface area (Å²) < 4.78 is 41.7. The number of aliphatic hydroxyl groups is 1. The smallest absolute Gasteiger partial charge is 0.416 e. The first-order valence-corrected chi connectivity index (χ1v) is 5.25. The second-order valence-corrected chi connectivity index (χ2v) is 3.59. The molecule has 0 aliphatic carbocycles. The number of aliphatic hydroxyl groups excluding tert-OH is 1. The second kappa shape index (κ2) is 5.85. The average Bonchev–Trinajstić information content (AvgIpc) is 2.28. The Bertz CT molecular complexity index is 387. The normalized spacial score (nSPS) is 13.2. The number of halogens is 3. The first-order valence-electron chi connectivity index (χ1n) is 5.25. The number of anilines is 1. The summed E-state index contributed by atoms with van der Waals surface area (Å²) in [7, 11) is 1.40. The van der Waals surface area contributed by atoms with Gasteiger partial charge >= 0.3 is 6.18 Å². The van der Waals surface area contributed by atoms with Crippen molar-refractivity contribution in [3.63, 3.8) is 0 Å². The van der Waals surface area contributed by atoms with Crippen LogP contribution in [0.15, 0.2) is 12.4 Å². The quantitative estimate of drug-likeness (QED) is 0.867. The predicted molar refractivity (Wildman–Crippen MR) is 58.5 cm³/mol. The van der Waals surface area contributed by atoms with Crippen LogP contribution in [0.3, 0.4) is 0 Å². The average molecular weight is 265 g/mol. The van der Waals surface area contributed by atoms with Gasteiger partial charge in [0.25, 0.3) is 0 Å². The highest BCUT2D eigenvalue weighted by Crippen LogP contribution is 2.22. The minimum Gasteiger partial charge on any atom is -0.478 e. The van der Waals surface area contributed by atoms with Crippen molar-refractivity contribution in [1.29, 1.82) is 0 Å². The largest absolute Gasteiger partial charge is 0.478 e. The molecule has 1 atom stereocenters. The number of ether oxygens (including phenoxy) is 1. The first kappa shape index (κ1) is 14.5. The van der Waals surface area contributed by atoms with E-state index in [9.17, 15) is 13.2 Å². The molecule has 1 aromatic rings. The molecule has 1 heterocycles. The number of hydrogen-bond donors (Lipinski definition) is 1. The van der Waals surface area contributed by atoms with Crippen molar-refractivity contribution in [2.24, 2.45) is 0 Å². The van der Waals surface area contributed by atoms with Crippen LogP contribution >= 0.6 is 0 Å². The third-order valence-corrected chi connectivity index (χ3v) is 2.14. The van der Waals surface area contributed by atoms with Gasteiger partial charge < -0.3 is 14.7 Å². The Morgan fingerprint density at radius 2 is 2.11 bits per heavy atom. The number of rotatable bonds is 5. The lowest BCUT2D eigenvalue weighted by atomic mass is 10.3. The topological polar surface area (TPSA) is 58.5 Å². The summed E-state index contributed by atoms with van der Waals surface area (Å²) in [6.07, 6.45) is -5.88. The zero-order valence-electron chi connectivity index (χ0n) is 9.98. The maximum Gasteiger partial charge on any atom is 0.416 e. The fourth-order valence-corrected chi connectivity index (χ4v) is 1.22. The fraction of sp³-hybridized carbons (Fsp3) is 0.600. The molecule has 0 radical (unpaired) electrons. The predicted octanol–water partition coefficient (Wildman–Crippen LogP) is 1.23. The van der Waals surface area contributed by atoms with E-state index in [1.165, 1.54) is 24.3 Å². The Balaban J connectivity index is 2.72. The molecule has 0 aliphatic heterocycles. The highest BCUT2D eigenvalue weighted by atomic mass is 19.4. The highest BCUT2D eigenvalue weighted by molar-refractivity contribution is 5.39. The minimum absolute atomic E-state index is 0.247. The zero-order chi connectivity index (χ0) is 13.8. The van der Waals surface area contributed by atoms with Crippen molar-refractivity contribution in [3.8, 4) is 5.88 Å². The van der Waals surface area contributed by atoms with Crippen LogP contribution < -0.4 is 9.64 Å². The minimum atomic E-state index is -4.65. The van der Waals surface area contributed by atoms with Crippen molar-refractivity contribution >= 4 is 5.82 Å². The molecule has 0 saturated heterocycles. The Hall–Kier alpha value is -1.57. The number of aromatic nitrogens is 2. The molecule has 0 spiro atoms. The second-order valence-electron chi connectivity index (χ2n) is 3.59. The van der Waals surface area contributed by atoms with Crippen molar-refractivity contribution in [3.05, 3.63) is 12.4 Å². The van der Waals surface area contributed by atoms with Crippen LogP contribution in [0.1, 0.15) is 6.92 Å². The number of nitrogens with zero attached hydrogens (tertiary/aromatic N) is 3. The van der Waals surface area contributed by atoms with Crippen LogP contribution in [0.2, 0.25) is 0 Å². The summed E-state index contributed by atoms with van der Waals surface area (Å²) in [4.78, 5) is 8.79. The van der Waals surface area contributed by atoms with Crippen LogP contribution in [0.5, 0.6) is 5.88 Å². The Morgan fingerprint density at radius 1 is 1.44 bits per heavy atom. The summed E-state index contributed by atoms with van der Waals surface area (Å²) in [5, 5.41) is 8.95. The molecule has 1 aromatic heterocycles. The standard InChI is InChI=1S/C10H14F3N3O2/c1-3-18-9-4-8(14-6-15-9)16(2)5-7(17)10(11,12)13/h4,6-7,17H,3,5H2,1-2H3/t7-/m1/s1. The molecule has 0 amide bonds. The zero-order valence-corrected chi connectivity index (χ0v) is 9.98.